The van der Waals surface area contributed by atoms with E-state index >= 15 is 0 Å². The van der Waals surface area contributed by atoms with Gasteiger partial charge in [0.2, 0.25) is 0 Å². The molecule has 2 rings (SSSR count). The van der Waals surface area contributed by atoms with E-state index in [1.54, 1.807) is 6.07 Å². The van der Waals surface area contributed by atoms with Crippen molar-refractivity contribution in [2.45, 2.75) is 44.2 Å². The molecule has 1 aliphatic heterocycles. The molecule has 2 unspecified atom stereocenters. The molecule has 0 saturated carbocycles. The van der Waals surface area contributed by atoms with E-state index in [0.717, 1.165) is 31.4 Å². The lowest BCUT2D eigenvalue weighted by molar-refractivity contribution is 0.00568. The van der Waals surface area contributed by atoms with Crippen LogP contribution in [0, 0.1) is 5.82 Å². The molecule has 1 saturated heterocycles. The largest absolute Gasteiger partial charge is 0.378 e. The van der Waals surface area contributed by atoms with Crippen molar-refractivity contribution in [2.75, 3.05) is 13.7 Å². The summed E-state index contributed by atoms with van der Waals surface area (Å²) in [5, 5.41) is 3.48. The molecule has 1 aromatic rings. The number of ether oxygens (including phenoxy) is 1. The highest BCUT2D eigenvalue weighted by Crippen LogP contribution is 2.20. The lowest BCUT2D eigenvalue weighted by atomic mass is 9.97. The van der Waals surface area contributed by atoms with E-state index < -0.39 is 0 Å². The predicted molar refractivity (Wildman–Crippen MR) is 76.2 cm³/mol. The zero-order valence-corrected chi connectivity index (χ0v) is 12.0. The summed E-state index contributed by atoms with van der Waals surface area (Å²) in [6.07, 6.45) is 5.65. The van der Waals surface area contributed by atoms with Crippen molar-refractivity contribution in [3.8, 4) is 0 Å². The Morgan fingerprint density at radius 2 is 2.32 bits per heavy atom. The average Bonchev–Trinajstić information content (AvgIpc) is 2.43. The summed E-state index contributed by atoms with van der Waals surface area (Å²) in [7, 11) is 1.94. The minimum Gasteiger partial charge on any atom is -0.378 e. The average molecular weight is 286 g/mol. The van der Waals surface area contributed by atoms with Gasteiger partial charge < -0.3 is 10.1 Å². The molecular formula is C15H21ClFNO. The second-order valence-electron chi connectivity index (χ2n) is 5.16. The zero-order valence-electron chi connectivity index (χ0n) is 11.3. The molecule has 0 radical (unpaired) electrons. The van der Waals surface area contributed by atoms with Crippen molar-refractivity contribution >= 4 is 11.6 Å². The van der Waals surface area contributed by atoms with Gasteiger partial charge in [0.15, 0.2) is 0 Å². The summed E-state index contributed by atoms with van der Waals surface area (Å²) in [6, 6.07) is 5.34. The third-order valence-corrected chi connectivity index (χ3v) is 4.00. The van der Waals surface area contributed by atoms with Crippen molar-refractivity contribution in [1.82, 2.24) is 5.32 Å². The quantitative estimate of drug-likeness (QED) is 0.893. The number of benzene rings is 1. The summed E-state index contributed by atoms with van der Waals surface area (Å²) in [4.78, 5) is 0. The fourth-order valence-electron chi connectivity index (χ4n) is 2.57. The van der Waals surface area contributed by atoms with Crippen LogP contribution in [-0.2, 0) is 11.2 Å². The Labute approximate surface area is 119 Å². The molecule has 19 heavy (non-hydrogen) atoms. The normalized spacial score (nSPS) is 21.3. The van der Waals surface area contributed by atoms with E-state index in [1.165, 1.54) is 18.9 Å². The van der Waals surface area contributed by atoms with Crippen LogP contribution in [0.1, 0.15) is 31.2 Å². The van der Waals surface area contributed by atoms with Crippen LogP contribution in [0.25, 0.3) is 0 Å². The molecular weight excluding hydrogens is 265 g/mol. The Hall–Kier alpha value is -0.640. The van der Waals surface area contributed by atoms with Crippen molar-refractivity contribution in [2.24, 2.45) is 0 Å². The molecule has 1 aliphatic rings. The highest BCUT2D eigenvalue weighted by atomic mass is 35.5. The Balaban J connectivity index is 1.92. The minimum absolute atomic E-state index is 0.181. The van der Waals surface area contributed by atoms with E-state index in [2.05, 4.69) is 5.32 Å². The molecule has 2 atom stereocenters. The van der Waals surface area contributed by atoms with Gasteiger partial charge in [0, 0.05) is 12.6 Å². The van der Waals surface area contributed by atoms with Crippen LogP contribution in [-0.4, -0.2) is 25.8 Å². The topological polar surface area (TPSA) is 21.3 Å². The molecule has 0 spiro atoms. The van der Waals surface area contributed by atoms with Gasteiger partial charge >= 0.3 is 0 Å². The molecule has 1 fully saturated rings. The maximum atomic E-state index is 13.4. The van der Waals surface area contributed by atoms with E-state index in [4.69, 9.17) is 16.3 Å². The van der Waals surface area contributed by atoms with Gasteiger partial charge in [0.1, 0.15) is 5.82 Å². The van der Waals surface area contributed by atoms with Gasteiger partial charge in [-0.3, -0.25) is 0 Å². The molecule has 1 N–H and O–H groups in total. The lowest BCUT2D eigenvalue weighted by Crippen LogP contribution is -2.34. The van der Waals surface area contributed by atoms with Gasteiger partial charge in [-0.15, -0.1) is 0 Å². The van der Waals surface area contributed by atoms with Gasteiger partial charge in [-0.25, -0.2) is 4.39 Å². The highest BCUT2D eigenvalue weighted by molar-refractivity contribution is 6.30. The number of rotatable bonds is 5. The molecule has 0 aliphatic carbocycles. The third-order valence-electron chi connectivity index (χ3n) is 3.70. The van der Waals surface area contributed by atoms with Gasteiger partial charge in [-0.2, -0.15) is 0 Å². The molecule has 2 nitrogen and oxygen atoms in total. The van der Waals surface area contributed by atoms with E-state index in [1.807, 2.05) is 13.1 Å². The molecule has 0 aromatic heterocycles. The maximum absolute atomic E-state index is 13.4. The third kappa shape index (κ3) is 4.44. The van der Waals surface area contributed by atoms with Gasteiger partial charge in [-0.1, -0.05) is 17.7 Å². The van der Waals surface area contributed by atoms with E-state index in [-0.39, 0.29) is 10.8 Å². The van der Waals surface area contributed by atoms with Gasteiger partial charge in [-0.05, 0) is 56.8 Å². The van der Waals surface area contributed by atoms with Crippen LogP contribution in [0.4, 0.5) is 4.39 Å². The second kappa shape index (κ2) is 7.22. The molecule has 0 amide bonds. The summed E-state index contributed by atoms with van der Waals surface area (Å²) in [6.45, 7) is 0.872. The molecule has 0 bridgehead atoms. The number of likely N-dealkylation sites (N-methyl/N-ethyl adjacent to an activating group) is 1. The second-order valence-corrected chi connectivity index (χ2v) is 5.57. The number of hydrogen-bond donors (Lipinski definition) is 1. The van der Waals surface area contributed by atoms with E-state index in [0.29, 0.717) is 12.1 Å². The molecule has 4 heteroatoms. The van der Waals surface area contributed by atoms with Crippen LogP contribution in [0.3, 0.4) is 0 Å². The smallest absolute Gasteiger partial charge is 0.142 e. The first kappa shape index (κ1) is 14.8. The first-order chi connectivity index (χ1) is 9.19. The van der Waals surface area contributed by atoms with Crippen molar-refractivity contribution < 1.29 is 9.13 Å². The lowest BCUT2D eigenvalue weighted by Gasteiger charge is -2.27. The van der Waals surface area contributed by atoms with Crippen molar-refractivity contribution in [3.05, 3.63) is 34.6 Å². The fourth-order valence-corrected chi connectivity index (χ4v) is 2.68. The SMILES string of the molecule is CNC(Cc1ccc(Cl)c(F)c1)CC1CCCCO1. The Morgan fingerprint density at radius 3 is 2.95 bits per heavy atom. The first-order valence-electron chi connectivity index (χ1n) is 6.92. The molecule has 106 valence electrons. The minimum atomic E-state index is -0.345. The van der Waals surface area contributed by atoms with Crippen LogP contribution < -0.4 is 5.32 Å². The van der Waals surface area contributed by atoms with Crippen molar-refractivity contribution in [3.63, 3.8) is 0 Å². The van der Waals surface area contributed by atoms with Gasteiger partial charge in [0.05, 0.1) is 11.1 Å². The Kier molecular flexibility index (Phi) is 5.61. The summed E-state index contributed by atoms with van der Waals surface area (Å²) < 4.78 is 19.2. The highest BCUT2D eigenvalue weighted by Gasteiger charge is 2.19. The number of hydrogen-bond acceptors (Lipinski definition) is 2. The van der Waals surface area contributed by atoms with Crippen LogP contribution in [0.5, 0.6) is 0 Å². The number of nitrogens with one attached hydrogen (secondary N) is 1. The van der Waals surface area contributed by atoms with Gasteiger partial charge in [0.25, 0.3) is 0 Å². The predicted octanol–water partition coefficient (Wildman–Crippen LogP) is 3.57. The van der Waals surface area contributed by atoms with Crippen LogP contribution in [0.15, 0.2) is 18.2 Å². The van der Waals surface area contributed by atoms with Crippen LogP contribution in [0.2, 0.25) is 5.02 Å². The summed E-state index contributed by atoms with van der Waals surface area (Å²) in [5.41, 5.74) is 0.969. The van der Waals surface area contributed by atoms with E-state index in [9.17, 15) is 4.39 Å². The Bertz CT molecular complexity index is 407. The Morgan fingerprint density at radius 1 is 1.47 bits per heavy atom. The van der Waals surface area contributed by atoms with Crippen LogP contribution >= 0.6 is 11.6 Å². The molecule has 1 heterocycles. The van der Waals surface area contributed by atoms with Crippen molar-refractivity contribution in [1.29, 1.82) is 0 Å². The zero-order chi connectivity index (χ0) is 13.7. The maximum Gasteiger partial charge on any atom is 0.142 e. The standard InChI is InChI=1S/C15H21ClFNO/c1-18-12(10-13-4-2-3-7-19-13)8-11-5-6-14(16)15(17)9-11/h5-6,9,12-13,18H,2-4,7-8,10H2,1H3. The number of halogens is 2. The molecule has 1 aromatic carbocycles. The first-order valence-corrected chi connectivity index (χ1v) is 7.29. The monoisotopic (exact) mass is 285 g/mol. The fraction of sp³-hybridized carbons (Fsp3) is 0.600. The summed E-state index contributed by atoms with van der Waals surface area (Å²) >= 11 is 5.70. The summed E-state index contributed by atoms with van der Waals surface area (Å²) in [5.74, 6) is -0.345.